The molecule has 1 unspecified atom stereocenters. The minimum absolute atomic E-state index is 0.144. The lowest BCUT2D eigenvalue weighted by Gasteiger charge is -2.33. The van der Waals surface area contributed by atoms with E-state index in [1.54, 1.807) is 33.0 Å². The molecule has 0 bridgehead atoms. The number of morpholine rings is 1. The van der Waals surface area contributed by atoms with Gasteiger partial charge in [-0.2, -0.15) is 0 Å². The van der Waals surface area contributed by atoms with Crippen molar-refractivity contribution in [1.29, 1.82) is 0 Å². The molecule has 0 radical (unpaired) electrons. The summed E-state index contributed by atoms with van der Waals surface area (Å²) in [5.41, 5.74) is -0.225. The van der Waals surface area contributed by atoms with Crippen molar-refractivity contribution in [2.24, 2.45) is 0 Å². The van der Waals surface area contributed by atoms with Crippen molar-refractivity contribution in [2.75, 3.05) is 46.4 Å². The van der Waals surface area contributed by atoms with Gasteiger partial charge < -0.3 is 14.7 Å². The van der Waals surface area contributed by atoms with E-state index in [9.17, 15) is 14.3 Å². The first kappa shape index (κ1) is 18.8. The van der Waals surface area contributed by atoms with Gasteiger partial charge in [-0.25, -0.2) is 4.39 Å². The minimum atomic E-state index is -0.852. The van der Waals surface area contributed by atoms with Crippen molar-refractivity contribution in [3.8, 4) is 0 Å². The Bertz CT molecular complexity index is 559. The molecule has 0 aromatic heterocycles. The third kappa shape index (κ3) is 4.75. The molecule has 5 nitrogen and oxygen atoms in total. The van der Waals surface area contributed by atoms with Crippen molar-refractivity contribution < 1.29 is 19.0 Å². The van der Waals surface area contributed by atoms with E-state index in [1.165, 1.54) is 17.0 Å². The number of rotatable bonds is 6. The summed E-state index contributed by atoms with van der Waals surface area (Å²) in [6.45, 7) is 7.25. The van der Waals surface area contributed by atoms with Gasteiger partial charge in [0.1, 0.15) is 5.82 Å². The summed E-state index contributed by atoms with van der Waals surface area (Å²) in [5.74, 6) is -0.502. The number of amides is 1. The van der Waals surface area contributed by atoms with Gasteiger partial charge in [0.05, 0.1) is 24.7 Å². The van der Waals surface area contributed by atoms with E-state index in [-0.39, 0.29) is 18.3 Å². The van der Waals surface area contributed by atoms with Crippen LogP contribution in [0.5, 0.6) is 0 Å². The summed E-state index contributed by atoms with van der Waals surface area (Å²) < 4.78 is 18.7. The molecule has 1 aliphatic rings. The van der Waals surface area contributed by atoms with E-state index in [2.05, 4.69) is 4.90 Å². The predicted octanol–water partition coefficient (Wildman–Crippen LogP) is 1.25. The van der Waals surface area contributed by atoms with Crippen LogP contribution in [-0.4, -0.2) is 73.4 Å². The summed E-state index contributed by atoms with van der Waals surface area (Å²) in [6, 6.07) is 6.10. The lowest BCUT2D eigenvalue weighted by atomic mass is 9.83. The summed E-state index contributed by atoms with van der Waals surface area (Å²) in [7, 11) is 1.67. The van der Waals surface area contributed by atoms with E-state index in [4.69, 9.17) is 4.74 Å². The molecule has 1 atom stereocenters. The number of nitrogens with zero attached hydrogens (tertiary/aromatic N) is 2. The Morgan fingerprint density at radius 1 is 1.42 bits per heavy atom. The molecule has 24 heavy (non-hydrogen) atoms. The van der Waals surface area contributed by atoms with Gasteiger partial charge in [0.2, 0.25) is 5.91 Å². The van der Waals surface area contributed by atoms with Gasteiger partial charge in [-0.15, -0.1) is 0 Å². The summed E-state index contributed by atoms with van der Waals surface area (Å²) in [4.78, 5) is 16.4. The summed E-state index contributed by atoms with van der Waals surface area (Å²) in [5, 5.41) is 10.3. The zero-order chi connectivity index (χ0) is 17.7. The van der Waals surface area contributed by atoms with Gasteiger partial charge in [0.15, 0.2) is 0 Å². The average molecular weight is 338 g/mol. The molecule has 1 aliphatic heterocycles. The third-order valence-corrected chi connectivity index (χ3v) is 4.48. The number of hydrogen-bond donors (Lipinski definition) is 1. The topological polar surface area (TPSA) is 53.0 Å². The second-order valence-corrected chi connectivity index (χ2v) is 6.89. The van der Waals surface area contributed by atoms with Gasteiger partial charge in [0, 0.05) is 33.2 Å². The summed E-state index contributed by atoms with van der Waals surface area (Å²) >= 11 is 0. The Morgan fingerprint density at radius 3 is 2.71 bits per heavy atom. The number of β-amino-alcohol motifs (C(OH)–C–C–N with tert-alkyl or cyclic N) is 1. The Kier molecular flexibility index (Phi) is 6.32. The monoisotopic (exact) mass is 338 g/mol. The number of carbonyl (C=O) groups excluding carboxylic acids is 1. The van der Waals surface area contributed by atoms with Gasteiger partial charge >= 0.3 is 0 Å². The molecule has 0 saturated carbocycles. The molecule has 6 heteroatoms. The van der Waals surface area contributed by atoms with Crippen LogP contribution in [0.15, 0.2) is 24.3 Å². The van der Waals surface area contributed by atoms with Crippen LogP contribution in [0, 0.1) is 5.82 Å². The maximum Gasteiger partial charge on any atom is 0.232 e. The van der Waals surface area contributed by atoms with Crippen LogP contribution in [0.3, 0.4) is 0 Å². The highest BCUT2D eigenvalue weighted by Gasteiger charge is 2.33. The first-order valence-electron chi connectivity index (χ1n) is 8.30. The lowest BCUT2D eigenvalue weighted by Crippen LogP contribution is -2.48. The first-order valence-corrected chi connectivity index (χ1v) is 8.30. The standard InChI is InChI=1S/C18H27FN2O3/c1-18(2,14-5-4-6-15(19)11-14)17(23)20(3)12-16(22)13-21-7-9-24-10-8-21/h4-6,11,16,22H,7-10,12-13H2,1-3H3. The second kappa shape index (κ2) is 8.05. The third-order valence-electron chi connectivity index (χ3n) is 4.48. The maximum absolute atomic E-state index is 13.5. The van der Waals surface area contributed by atoms with E-state index >= 15 is 0 Å². The van der Waals surface area contributed by atoms with E-state index in [1.807, 2.05) is 0 Å². The molecule has 0 spiro atoms. The highest BCUT2D eigenvalue weighted by atomic mass is 19.1. The molecular weight excluding hydrogens is 311 g/mol. The first-order chi connectivity index (χ1) is 11.3. The molecule has 0 aliphatic carbocycles. The summed E-state index contributed by atoms with van der Waals surface area (Å²) in [6.07, 6.45) is -0.625. The molecular formula is C18H27FN2O3. The minimum Gasteiger partial charge on any atom is -0.390 e. The maximum atomic E-state index is 13.5. The number of ether oxygens (including phenoxy) is 1. The fraction of sp³-hybridized carbons (Fsp3) is 0.611. The molecule has 2 rings (SSSR count). The van der Waals surface area contributed by atoms with Gasteiger partial charge in [-0.3, -0.25) is 9.69 Å². The van der Waals surface area contributed by atoms with Crippen molar-refractivity contribution >= 4 is 5.91 Å². The second-order valence-electron chi connectivity index (χ2n) is 6.89. The van der Waals surface area contributed by atoms with Gasteiger partial charge in [0.25, 0.3) is 0 Å². The number of aliphatic hydroxyl groups is 1. The quantitative estimate of drug-likeness (QED) is 0.848. The fourth-order valence-corrected chi connectivity index (χ4v) is 3.02. The van der Waals surface area contributed by atoms with Gasteiger partial charge in [-0.1, -0.05) is 12.1 Å². The predicted molar refractivity (Wildman–Crippen MR) is 90.3 cm³/mol. The van der Waals surface area contributed by atoms with Crippen LogP contribution < -0.4 is 0 Å². The SMILES string of the molecule is CN(CC(O)CN1CCOCC1)C(=O)C(C)(C)c1cccc(F)c1. The highest BCUT2D eigenvalue weighted by Crippen LogP contribution is 2.26. The number of hydrogen-bond acceptors (Lipinski definition) is 4. The number of benzene rings is 1. The Morgan fingerprint density at radius 2 is 2.08 bits per heavy atom. The number of halogens is 1. The normalized spacial score (nSPS) is 17.5. The van der Waals surface area contributed by atoms with Crippen molar-refractivity contribution in [2.45, 2.75) is 25.4 Å². The van der Waals surface area contributed by atoms with Crippen LogP contribution >= 0.6 is 0 Å². The fourth-order valence-electron chi connectivity index (χ4n) is 3.02. The van der Waals surface area contributed by atoms with Crippen LogP contribution in [0.2, 0.25) is 0 Å². The Hall–Kier alpha value is -1.50. The molecule has 1 fully saturated rings. The van der Waals surface area contributed by atoms with Crippen molar-refractivity contribution in [1.82, 2.24) is 9.80 Å². The average Bonchev–Trinajstić information content (AvgIpc) is 2.54. The van der Waals surface area contributed by atoms with Crippen molar-refractivity contribution in [3.63, 3.8) is 0 Å². The molecule has 1 aromatic rings. The largest absolute Gasteiger partial charge is 0.390 e. The molecule has 1 N–H and O–H groups in total. The van der Waals surface area contributed by atoms with E-state index in [0.717, 1.165) is 13.1 Å². The smallest absolute Gasteiger partial charge is 0.232 e. The molecule has 1 heterocycles. The van der Waals surface area contributed by atoms with E-state index < -0.39 is 11.5 Å². The van der Waals surface area contributed by atoms with Crippen LogP contribution in [0.25, 0.3) is 0 Å². The van der Waals surface area contributed by atoms with Crippen molar-refractivity contribution in [3.05, 3.63) is 35.6 Å². The molecule has 134 valence electrons. The number of carbonyl (C=O) groups is 1. The van der Waals surface area contributed by atoms with Crippen LogP contribution in [0.1, 0.15) is 19.4 Å². The van der Waals surface area contributed by atoms with Crippen LogP contribution in [0.4, 0.5) is 4.39 Å². The molecule has 1 aromatic carbocycles. The zero-order valence-electron chi connectivity index (χ0n) is 14.7. The zero-order valence-corrected chi connectivity index (χ0v) is 14.7. The molecule has 1 saturated heterocycles. The lowest BCUT2D eigenvalue weighted by molar-refractivity contribution is -0.136. The van der Waals surface area contributed by atoms with E-state index in [0.29, 0.717) is 25.3 Å². The molecule has 1 amide bonds. The number of aliphatic hydroxyl groups excluding tert-OH is 1. The number of likely N-dealkylation sites (N-methyl/N-ethyl adjacent to an activating group) is 1. The van der Waals surface area contributed by atoms with Gasteiger partial charge in [-0.05, 0) is 31.5 Å². The Balaban J connectivity index is 1.94. The van der Waals surface area contributed by atoms with Crippen LogP contribution in [-0.2, 0) is 14.9 Å². The Labute approximate surface area is 143 Å². The highest BCUT2D eigenvalue weighted by molar-refractivity contribution is 5.87.